The van der Waals surface area contributed by atoms with Crippen molar-refractivity contribution in [3.8, 4) is 0 Å². The lowest BCUT2D eigenvalue weighted by Gasteiger charge is -2.05. The summed E-state index contributed by atoms with van der Waals surface area (Å²) in [5.74, 6) is 0. The van der Waals surface area contributed by atoms with Crippen LogP contribution < -0.4 is 21.5 Å². The minimum atomic E-state index is -2.43. The van der Waals surface area contributed by atoms with Gasteiger partial charge in [0.05, 0.1) is 0 Å². The summed E-state index contributed by atoms with van der Waals surface area (Å²) < 4.78 is 20.3. The fourth-order valence-corrected chi connectivity index (χ4v) is 1.70. The summed E-state index contributed by atoms with van der Waals surface area (Å²) in [6, 6.07) is 0. The van der Waals surface area contributed by atoms with E-state index in [9.17, 15) is 9.13 Å². The Hall–Kier alpha value is -0.260. The fourth-order valence-electron chi connectivity index (χ4n) is 1.36. The Morgan fingerprint density at radius 3 is 1.82 bits per heavy atom. The van der Waals surface area contributed by atoms with Gasteiger partial charge in [-0.3, -0.25) is 0 Å². The molecule has 0 heterocycles. The maximum Gasteiger partial charge on any atom is 0.396 e. The zero-order valence-electron chi connectivity index (χ0n) is 10.4. The molecule has 0 aliphatic carbocycles. The minimum Gasteiger partial charge on any atom is -0.330 e. The van der Waals surface area contributed by atoms with Crippen molar-refractivity contribution in [2.24, 2.45) is 5.73 Å². The van der Waals surface area contributed by atoms with E-state index in [1.807, 2.05) is 0 Å². The molecular formula is C10H25N4O2P. The number of rotatable bonds is 13. The van der Waals surface area contributed by atoms with E-state index < -0.39 is 7.83 Å². The van der Waals surface area contributed by atoms with Crippen molar-refractivity contribution in [1.82, 2.24) is 15.7 Å². The van der Waals surface area contributed by atoms with Gasteiger partial charge in [-0.15, -0.1) is 0 Å². The van der Waals surface area contributed by atoms with Crippen molar-refractivity contribution < 1.29 is 9.13 Å². The third-order valence-corrected chi connectivity index (χ3v) is 2.77. The van der Waals surface area contributed by atoms with Crippen LogP contribution in [-0.4, -0.2) is 39.3 Å². The van der Waals surface area contributed by atoms with Gasteiger partial charge >= 0.3 is 7.83 Å². The maximum absolute atomic E-state index is 10.2. The van der Waals surface area contributed by atoms with Gasteiger partial charge in [-0.2, -0.15) is 0 Å². The molecule has 0 aliphatic rings. The van der Waals surface area contributed by atoms with Crippen LogP contribution >= 0.6 is 7.83 Å². The largest absolute Gasteiger partial charge is 0.396 e. The predicted molar refractivity (Wildman–Crippen MR) is 69.6 cm³/mol. The van der Waals surface area contributed by atoms with Crippen LogP contribution in [0.2, 0.25) is 0 Å². The molecule has 0 unspecified atom stereocenters. The Kier molecular flexibility index (Phi) is 13.6. The van der Waals surface area contributed by atoms with Gasteiger partial charge in [0.1, 0.15) is 0 Å². The molecule has 0 amide bonds. The first-order valence-electron chi connectivity index (χ1n) is 6.26. The van der Waals surface area contributed by atoms with Crippen LogP contribution in [-0.2, 0) is 9.13 Å². The second kappa shape index (κ2) is 13.8. The normalized spacial score (nSPS) is 10.6. The highest BCUT2D eigenvalue weighted by Crippen LogP contribution is 1.92. The van der Waals surface area contributed by atoms with Gasteiger partial charge < -0.3 is 16.4 Å². The molecule has 17 heavy (non-hydrogen) atoms. The zero-order chi connectivity index (χ0) is 12.8. The van der Waals surface area contributed by atoms with Gasteiger partial charge in [0.25, 0.3) is 0 Å². The van der Waals surface area contributed by atoms with Crippen LogP contribution in [0.4, 0.5) is 0 Å². The van der Waals surface area contributed by atoms with E-state index >= 15 is 0 Å². The van der Waals surface area contributed by atoms with Crippen molar-refractivity contribution in [3.63, 3.8) is 0 Å². The van der Waals surface area contributed by atoms with Crippen molar-refractivity contribution in [2.75, 3.05) is 39.3 Å². The molecule has 0 saturated heterocycles. The molecule has 0 spiro atoms. The molecule has 0 saturated carbocycles. The highest BCUT2D eigenvalue weighted by atomic mass is 31.1. The Morgan fingerprint density at radius 1 is 0.765 bits per heavy atom. The summed E-state index contributed by atoms with van der Waals surface area (Å²) in [6.07, 6.45) is 4.16. The Morgan fingerprint density at radius 2 is 1.29 bits per heavy atom. The van der Waals surface area contributed by atoms with Crippen LogP contribution in [0, 0.1) is 0 Å². The molecule has 102 valence electrons. The van der Waals surface area contributed by atoms with E-state index in [-0.39, 0.29) is 0 Å². The van der Waals surface area contributed by atoms with E-state index in [0.717, 1.165) is 58.4 Å². The van der Waals surface area contributed by atoms with E-state index in [0.29, 0.717) is 6.54 Å². The highest BCUT2D eigenvalue weighted by molar-refractivity contribution is 7.28. The lowest BCUT2D eigenvalue weighted by molar-refractivity contribution is 0.502. The summed E-state index contributed by atoms with van der Waals surface area (Å²) in [6.45, 7) is 5.16. The molecule has 6 nitrogen and oxygen atoms in total. The number of unbranched alkanes of at least 4 members (excludes halogenated alkanes) is 1. The van der Waals surface area contributed by atoms with Gasteiger partial charge in [0, 0.05) is 6.54 Å². The molecule has 0 aliphatic heterocycles. The number of nitrogens with two attached hydrogens (primary N) is 1. The topological polar surface area (TPSA) is 96.2 Å². The minimum absolute atomic E-state index is 0.520. The molecule has 0 aromatic rings. The Balaban J connectivity index is 2.94. The molecular weight excluding hydrogens is 239 g/mol. The monoisotopic (exact) mass is 264 g/mol. The average Bonchev–Trinajstić information content (AvgIpc) is 2.30. The quantitative estimate of drug-likeness (QED) is 0.283. The van der Waals surface area contributed by atoms with Crippen LogP contribution in [0.15, 0.2) is 0 Å². The fraction of sp³-hybridized carbons (Fsp3) is 1.00. The summed E-state index contributed by atoms with van der Waals surface area (Å²) >= 11 is 0. The van der Waals surface area contributed by atoms with Gasteiger partial charge in [0.15, 0.2) is 0 Å². The van der Waals surface area contributed by atoms with Crippen molar-refractivity contribution in [2.45, 2.75) is 25.7 Å². The summed E-state index contributed by atoms with van der Waals surface area (Å²) in [4.78, 5) is 0. The third-order valence-electron chi connectivity index (χ3n) is 2.29. The van der Waals surface area contributed by atoms with Crippen LogP contribution in [0.1, 0.15) is 25.7 Å². The van der Waals surface area contributed by atoms with Crippen molar-refractivity contribution in [3.05, 3.63) is 0 Å². The number of hydrogen-bond acceptors (Lipinski definition) is 5. The van der Waals surface area contributed by atoms with Crippen LogP contribution in [0.25, 0.3) is 0 Å². The lowest BCUT2D eigenvalue weighted by atomic mass is 10.3. The second-order valence-electron chi connectivity index (χ2n) is 3.87. The Bertz CT molecular complexity index is 216. The molecule has 0 aromatic carbocycles. The lowest BCUT2D eigenvalue weighted by Crippen LogP contribution is -2.22. The van der Waals surface area contributed by atoms with E-state index in [2.05, 4.69) is 15.7 Å². The summed E-state index contributed by atoms with van der Waals surface area (Å²) in [5, 5.41) is 8.97. The van der Waals surface area contributed by atoms with E-state index in [4.69, 9.17) is 5.73 Å². The first-order valence-corrected chi connectivity index (χ1v) is 7.44. The third kappa shape index (κ3) is 15.7. The second-order valence-corrected chi connectivity index (χ2v) is 4.70. The predicted octanol–water partition coefficient (Wildman–Crippen LogP) is 0.362. The maximum atomic E-state index is 10.2. The molecule has 0 radical (unpaired) electrons. The van der Waals surface area contributed by atoms with Crippen molar-refractivity contribution in [1.29, 1.82) is 0 Å². The SMILES string of the molecule is NCCCNCCCCNCCCNP(=O)=O. The molecule has 0 bridgehead atoms. The molecule has 0 rings (SSSR count). The molecule has 0 aromatic heterocycles. The standard InChI is InChI=1S/C10H25N4O2P/c11-5-3-8-12-6-1-2-7-13-9-4-10-14-17(15)16/h12-13H,1-11H2,(H,14,15,16). The summed E-state index contributed by atoms with van der Waals surface area (Å²) in [5.41, 5.74) is 5.37. The van der Waals surface area contributed by atoms with E-state index in [1.165, 1.54) is 0 Å². The first-order chi connectivity index (χ1) is 8.27. The summed E-state index contributed by atoms with van der Waals surface area (Å²) in [7, 11) is -2.43. The number of nitrogens with one attached hydrogen (secondary N) is 3. The van der Waals surface area contributed by atoms with Gasteiger partial charge in [-0.25, -0.2) is 14.2 Å². The Labute approximate surface area is 104 Å². The van der Waals surface area contributed by atoms with E-state index in [1.54, 1.807) is 0 Å². The first kappa shape index (κ1) is 16.7. The molecule has 7 heteroatoms. The zero-order valence-corrected chi connectivity index (χ0v) is 11.3. The van der Waals surface area contributed by atoms with Crippen LogP contribution in [0.5, 0.6) is 0 Å². The average molecular weight is 264 g/mol. The highest BCUT2D eigenvalue weighted by Gasteiger charge is 1.92. The molecule has 5 N–H and O–H groups in total. The number of hydrogen-bond donors (Lipinski definition) is 4. The van der Waals surface area contributed by atoms with Crippen molar-refractivity contribution >= 4 is 7.83 Å². The van der Waals surface area contributed by atoms with Crippen LogP contribution in [0.3, 0.4) is 0 Å². The van der Waals surface area contributed by atoms with Gasteiger partial charge in [-0.05, 0) is 58.4 Å². The molecule has 0 fully saturated rings. The van der Waals surface area contributed by atoms with Gasteiger partial charge in [0.2, 0.25) is 0 Å². The van der Waals surface area contributed by atoms with Gasteiger partial charge in [-0.1, -0.05) is 0 Å². The smallest absolute Gasteiger partial charge is 0.330 e. The molecule has 0 atom stereocenters.